The van der Waals surface area contributed by atoms with E-state index in [2.05, 4.69) is 75.2 Å². The summed E-state index contributed by atoms with van der Waals surface area (Å²) in [5, 5.41) is 20.1. The number of carbonyl (C=O) groups excluding carboxylic acids is 4. The predicted molar refractivity (Wildman–Crippen MR) is 270 cm³/mol. The molecule has 0 aliphatic carbocycles. The highest BCUT2D eigenvalue weighted by molar-refractivity contribution is 6.30. The van der Waals surface area contributed by atoms with Gasteiger partial charge in [-0.3, -0.25) is 38.9 Å². The van der Waals surface area contributed by atoms with E-state index in [1.807, 2.05) is 24.3 Å². The number of carbonyl (C=O) groups is 4. The van der Waals surface area contributed by atoms with Crippen LogP contribution in [0.5, 0.6) is 0 Å². The SMILES string of the molecule is C[C@@H]1C[C@H]2C(=O)N([C@H](CC#N)C(=O)CCc3ccc(Cl)cn3)CCC(CCc3ccccc3)N2C1.N#CC[C@H](C(=O)CCc1ccc(Cl)cn1)N1CCC(CCc2ccccc2)N2C[C@H](N)C[C@H]2C1=O. The van der Waals surface area contributed by atoms with Crippen LogP contribution in [0, 0.1) is 28.6 Å². The monoisotopic (exact) mass is 985 g/mol. The molecule has 368 valence electrons. The minimum absolute atomic E-state index is 0.00786. The maximum Gasteiger partial charge on any atom is 0.240 e. The second-order valence-electron chi connectivity index (χ2n) is 19.4. The summed E-state index contributed by atoms with van der Waals surface area (Å²) in [5.74, 6) is 0.197. The van der Waals surface area contributed by atoms with Crippen LogP contribution in [0.25, 0.3) is 0 Å². The molecule has 4 fully saturated rings. The highest BCUT2D eigenvalue weighted by atomic mass is 35.5. The molecule has 6 heterocycles. The fourth-order valence-electron chi connectivity index (χ4n) is 10.9. The lowest BCUT2D eigenvalue weighted by Crippen LogP contribution is -2.50. The average molecular weight is 987 g/mol. The van der Waals surface area contributed by atoms with Gasteiger partial charge < -0.3 is 15.5 Å². The first-order valence-corrected chi connectivity index (χ1v) is 25.6. The summed E-state index contributed by atoms with van der Waals surface area (Å²) >= 11 is 11.8. The Morgan fingerprint density at radius 2 is 1.10 bits per heavy atom. The van der Waals surface area contributed by atoms with Gasteiger partial charge in [0.1, 0.15) is 12.1 Å². The molecule has 0 spiro atoms. The molecule has 2 N–H and O–H groups in total. The highest BCUT2D eigenvalue weighted by Gasteiger charge is 2.47. The van der Waals surface area contributed by atoms with E-state index in [0.717, 1.165) is 62.9 Å². The summed E-state index contributed by atoms with van der Waals surface area (Å²) in [6.07, 6.45) is 11.3. The smallest absolute Gasteiger partial charge is 0.240 e. The molecule has 70 heavy (non-hydrogen) atoms. The summed E-state index contributed by atoms with van der Waals surface area (Å²) in [5.41, 5.74) is 10.4. The van der Waals surface area contributed by atoms with Crippen molar-refractivity contribution in [1.82, 2.24) is 29.6 Å². The summed E-state index contributed by atoms with van der Waals surface area (Å²) in [4.78, 5) is 70.4. The molecule has 4 aromatic rings. The van der Waals surface area contributed by atoms with Crippen molar-refractivity contribution in [3.63, 3.8) is 0 Å². The van der Waals surface area contributed by atoms with Crippen LogP contribution < -0.4 is 5.73 Å². The van der Waals surface area contributed by atoms with Crippen LogP contribution >= 0.6 is 23.2 Å². The number of halogens is 2. The first-order chi connectivity index (χ1) is 33.9. The fraction of sp³-hybridized carbons (Fsp3) is 0.491. The summed E-state index contributed by atoms with van der Waals surface area (Å²) in [6, 6.07) is 30.6. The number of fused-ring (bicyclic) bond motifs is 2. The highest BCUT2D eigenvalue weighted by Crippen LogP contribution is 2.34. The molecule has 4 saturated heterocycles. The predicted octanol–water partition coefficient (Wildman–Crippen LogP) is 7.62. The molecule has 0 bridgehead atoms. The van der Waals surface area contributed by atoms with E-state index < -0.39 is 12.1 Å². The van der Waals surface area contributed by atoms with Gasteiger partial charge in [0.25, 0.3) is 0 Å². The lowest BCUT2D eigenvalue weighted by molar-refractivity contribution is -0.142. The maximum atomic E-state index is 13.7. The molecular weight excluding hydrogens is 922 g/mol. The number of hydrogen-bond donors (Lipinski definition) is 1. The molecule has 4 aliphatic rings. The van der Waals surface area contributed by atoms with Crippen LogP contribution in [0.4, 0.5) is 0 Å². The van der Waals surface area contributed by atoms with E-state index in [1.54, 1.807) is 46.5 Å². The van der Waals surface area contributed by atoms with Crippen LogP contribution in [0.15, 0.2) is 97.3 Å². The van der Waals surface area contributed by atoms with Crippen molar-refractivity contribution in [2.45, 2.75) is 139 Å². The zero-order valence-corrected chi connectivity index (χ0v) is 41.6. The van der Waals surface area contributed by atoms with Gasteiger partial charge >= 0.3 is 0 Å². The number of hydrogen-bond acceptors (Lipinski definition) is 11. The van der Waals surface area contributed by atoms with Gasteiger partial charge in [0.05, 0.1) is 47.1 Å². The van der Waals surface area contributed by atoms with Crippen LogP contribution in [0.3, 0.4) is 0 Å². The van der Waals surface area contributed by atoms with Crippen molar-refractivity contribution in [3.05, 3.63) is 130 Å². The van der Waals surface area contributed by atoms with Crippen LogP contribution in [0.1, 0.15) is 93.6 Å². The first kappa shape index (κ1) is 52.3. The number of amides is 2. The van der Waals surface area contributed by atoms with E-state index in [9.17, 15) is 29.7 Å². The Morgan fingerprint density at radius 3 is 1.53 bits per heavy atom. The Kier molecular flexibility index (Phi) is 19.1. The molecule has 2 amide bonds. The van der Waals surface area contributed by atoms with E-state index in [4.69, 9.17) is 28.9 Å². The molecule has 13 nitrogen and oxygen atoms in total. The summed E-state index contributed by atoms with van der Waals surface area (Å²) < 4.78 is 0. The molecule has 0 radical (unpaired) electrons. The van der Waals surface area contributed by atoms with E-state index in [1.165, 1.54) is 11.1 Å². The third-order valence-electron chi connectivity index (χ3n) is 14.5. The number of aromatic nitrogens is 2. The summed E-state index contributed by atoms with van der Waals surface area (Å²) in [6.45, 7) is 4.76. The van der Waals surface area contributed by atoms with Crippen LogP contribution in [-0.2, 0) is 44.9 Å². The molecule has 4 aliphatic heterocycles. The van der Waals surface area contributed by atoms with Gasteiger partial charge in [0.2, 0.25) is 11.8 Å². The van der Waals surface area contributed by atoms with Crippen LogP contribution in [-0.4, -0.2) is 121 Å². The average Bonchev–Trinajstić information content (AvgIpc) is 3.90. The Bertz CT molecular complexity index is 2280. The van der Waals surface area contributed by atoms with E-state index in [-0.39, 0.29) is 79.3 Å². The molecule has 8 rings (SSSR count). The number of pyridine rings is 2. The van der Waals surface area contributed by atoms with Crippen molar-refractivity contribution >= 4 is 46.6 Å². The maximum absolute atomic E-state index is 13.7. The van der Waals surface area contributed by atoms with Crippen molar-refractivity contribution < 1.29 is 19.2 Å². The number of benzene rings is 2. The molecule has 2 aromatic carbocycles. The van der Waals surface area contributed by atoms with Gasteiger partial charge in [0, 0.05) is 80.9 Å². The van der Waals surface area contributed by atoms with Crippen molar-refractivity contribution in [2.75, 3.05) is 26.2 Å². The standard InChI is InChI=1S/C28H33ClN4O2.C27H32ClN5O2/c1-20-17-26-28(35)32(16-14-24(33(26)19-20)11-7-21-5-3-2-4-6-21)25(13-15-30)27(34)12-10-23-9-8-22(29)18-31-23;28-20-7-8-22(31-17-20)9-11-26(34)24(12-14-29)32-15-13-23(10-6-19-4-2-1-3-5-19)33-18-21(30)16-25(33)27(32)35/h2-6,8-9,18,20,24-26H,7,10-14,16-17,19H2,1H3;1-5,7-8,17,21,23-25H,6,9-13,15-16,18,30H2/t20-,24?,25-,26+;21-,23?,24-,25+/m11/s1. The van der Waals surface area contributed by atoms with Gasteiger partial charge in [-0.25, -0.2) is 0 Å². The zero-order valence-electron chi connectivity index (χ0n) is 40.1. The minimum Gasteiger partial charge on any atom is -0.330 e. The summed E-state index contributed by atoms with van der Waals surface area (Å²) in [7, 11) is 0. The van der Waals surface area contributed by atoms with Gasteiger partial charge in [-0.15, -0.1) is 0 Å². The zero-order chi connectivity index (χ0) is 49.6. The quantitative estimate of drug-likeness (QED) is 0.104. The lowest BCUT2D eigenvalue weighted by atomic mass is 9.99. The van der Waals surface area contributed by atoms with Gasteiger partial charge in [-0.1, -0.05) is 90.8 Å². The van der Waals surface area contributed by atoms with E-state index in [0.29, 0.717) is 54.9 Å². The van der Waals surface area contributed by atoms with Crippen molar-refractivity contribution in [1.29, 1.82) is 10.5 Å². The number of nitriles is 2. The molecule has 15 heteroatoms. The molecule has 2 unspecified atom stereocenters. The number of ketones is 2. The number of aryl methyl sites for hydroxylation is 4. The number of nitrogens with two attached hydrogens (primary N) is 1. The second-order valence-corrected chi connectivity index (χ2v) is 20.3. The Hall–Kier alpha value is -5.54. The minimum atomic E-state index is -0.744. The van der Waals surface area contributed by atoms with Crippen molar-refractivity contribution in [2.24, 2.45) is 11.7 Å². The van der Waals surface area contributed by atoms with Gasteiger partial charge in [-0.2, -0.15) is 10.5 Å². The molecule has 8 atom stereocenters. The Balaban J connectivity index is 0.000000206. The number of Topliss-reactive ketones (excluding diaryl/α,β-unsaturated/α-hetero) is 2. The Morgan fingerprint density at radius 1 is 0.657 bits per heavy atom. The number of rotatable bonds is 18. The van der Waals surface area contributed by atoms with Crippen molar-refractivity contribution in [3.8, 4) is 12.1 Å². The fourth-order valence-corrected chi connectivity index (χ4v) is 11.1. The first-order valence-electron chi connectivity index (χ1n) is 24.9. The number of nitrogens with zero attached hydrogens (tertiary/aromatic N) is 8. The third kappa shape index (κ3) is 13.9. The normalized spacial score (nSPS) is 23.4. The largest absolute Gasteiger partial charge is 0.330 e. The topological polar surface area (TPSA) is 181 Å². The lowest BCUT2D eigenvalue weighted by Gasteiger charge is -2.31. The van der Waals surface area contributed by atoms with Gasteiger partial charge in [0.15, 0.2) is 11.6 Å². The molecular formula is C55H65Cl2N9O4. The molecule has 0 saturated carbocycles. The third-order valence-corrected chi connectivity index (χ3v) is 15.0. The molecule has 2 aromatic heterocycles. The van der Waals surface area contributed by atoms with E-state index >= 15 is 0 Å². The van der Waals surface area contributed by atoms with Gasteiger partial charge in [-0.05, 0) is 106 Å². The van der Waals surface area contributed by atoms with Crippen LogP contribution in [0.2, 0.25) is 10.0 Å². The second kappa shape index (κ2) is 25.5. The Labute approximate surface area is 422 Å².